The van der Waals surface area contributed by atoms with Crippen molar-refractivity contribution in [3.63, 3.8) is 0 Å². The summed E-state index contributed by atoms with van der Waals surface area (Å²) >= 11 is 0. The van der Waals surface area contributed by atoms with Gasteiger partial charge in [-0.15, -0.1) is 0 Å². The van der Waals surface area contributed by atoms with Crippen LogP contribution in [0.25, 0.3) is 11.1 Å². The van der Waals surface area contributed by atoms with Gasteiger partial charge in [0.1, 0.15) is 17.7 Å². The molecule has 0 aliphatic heterocycles. The van der Waals surface area contributed by atoms with E-state index in [9.17, 15) is 13.2 Å². The predicted octanol–water partition coefficient (Wildman–Crippen LogP) is 1.49. The molecule has 0 saturated carbocycles. The quantitative estimate of drug-likeness (QED) is 0.777. The number of nitrogens with two attached hydrogens (primary N) is 2. The summed E-state index contributed by atoms with van der Waals surface area (Å²) in [5, 5.41) is 0. The minimum Gasteiger partial charge on any atom is -0.455 e. The first kappa shape index (κ1) is 10.5. The van der Waals surface area contributed by atoms with E-state index in [2.05, 4.69) is 9.97 Å². The molecule has 8 heteroatoms. The van der Waals surface area contributed by atoms with Gasteiger partial charge in [-0.1, -0.05) is 0 Å². The summed E-state index contributed by atoms with van der Waals surface area (Å²) in [6.07, 6.45) is -5.52. The number of nitrogen functional groups attached to an aromatic ring is 2. The standard InChI is InChI=1S/C8H7F3N4O/c9-8(10,11)2-3-1-4-5(16-3)6(12)15-7(13)14-4/h1H,2H2,(H4,12,13,14,15). The van der Waals surface area contributed by atoms with Gasteiger partial charge in [-0.25, -0.2) is 4.98 Å². The Labute approximate surface area is 87.3 Å². The van der Waals surface area contributed by atoms with Crippen LogP contribution in [-0.2, 0) is 6.42 Å². The van der Waals surface area contributed by atoms with E-state index in [4.69, 9.17) is 15.9 Å². The van der Waals surface area contributed by atoms with Gasteiger partial charge in [-0.05, 0) is 0 Å². The van der Waals surface area contributed by atoms with Crippen molar-refractivity contribution in [3.05, 3.63) is 11.8 Å². The smallest absolute Gasteiger partial charge is 0.396 e. The molecule has 0 radical (unpaired) electrons. The van der Waals surface area contributed by atoms with E-state index in [1.807, 2.05) is 0 Å². The third-order valence-corrected chi connectivity index (χ3v) is 1.84. The number of aromatic nitrogens is 2. The lowest BCUT2D eigenvalue weighted by Crippen LogP contribution is -2.10. The van der Waals surface area contributed by atoms with E-state index < -0.39 is 12.6 Å². The Bertz CT molecular complexity index is 534. The fraction of sp³-hybridized carbons (Fsp3) is 0.250. The van der Waals surface area contributed by atoms with Gasteiger partial charge in [0.2, 0.25) is 5.95 Å². The molecule has 86 valence electrons. The topological polar surface area (TPSA) is 91.0 Å². The van der Waals surface area contributed by atoms with E-state index in [0.29, 0.717) is 0 Å². The Balaban J connectivity index is 2.48. The number of rotatable bonds is 1. The number of halogens is 3. The SMILES string of the molecule is Nc1nc(N)c2oc(CC(F)(F)F)cc2n1. The number of alkyl halides is 3. The molecule has 5 nitrogen and oxygen atoms in total. The maximum Gasteiger partial charge on any atom is 0.396 e. The Morgan fingerprint density at radius 3 is 2.56 bits per heavy atom. The van der Waals surface area contributed by atoms with Gasteiger partial charge in [0.05, 0.1) is 0 Å². The van der Waals surface area contributed by atoms with Gasteiger partial charge in [-0.3, -0.25) is 0 Å². The Morgan fingerprint density at radius 2 is 1.94 bits per heavy atom. The summed E-state index contributed by atoms with van der Waals surface area (Å²) in [5.41, 5.74) is 10.9. The molecule has 0 fully saturated rings. The van der Waals surface area contributed by atoms with E-state index >= 15 is 0 Å². The van der Waals surface area contributed by atoms with Crippen molar-refractivity contribution in [1.82, 2.24) is 9.97 Å². The number of hydrogen-bond acceptors (Lipinski definition) is 5. The normalized spacial score (nSPS) is 12.2. The fourth-order valence-electron chi connectivity index (χ4n) is 1.30. The van der Waals surface area contributed by atoms with Crippen molar-refractivity contribution in [2.24, 2.45) is 0 Å². The molecule has 0 saturated heterocycles. The van der Waals surface area contributed by atoms with Crippen molar-refractivity contribution in [2.75, 3.05) is 11.5 Å². The molecule has 0 atom stereocenters. The summed E-state index contributed by atoms with van der Waals surface area (Å²) in [7, 11) is 0. The maximum absolute atomic E-state index is 12.1. The third kappa shape index (κ3) is 2.00. The van der Waals surface area contributed by atoms with Crippen LogP contribution in [0.4, 0.5) is 24.9 Å². The average Bonchev–Trinajstić information content (AvgIpc) is 2.43. The highest BCUT2D eigenvalue weighted by Crippen LogP contribution is 2.27. The van der Waals surface area contributed by atoms with Gasteiger partial charge in [0, 0.05) is 6.07 Å². The molecular weight excluding hydrogens is 225 g/mol. The van der Waals surface area contributed by atoms with Crippen LogP contribution >= 0.6 is 0 Å². The minimum absolute atomic E-state index is 0.0217. The van der Waals surface area contributed by atoms with E-state index in [1.54, 1.807) is 0 Å². The van der Waals surface area contributed by atoms with Crippen molar-refractivity contribution in [3.8, 4) is 0 Å². The number of anilines is 2. The molecule has 16 heavy (non-hydrogen) atoms. The molecule has 2 rings (SSSR count). The second kappa shape index (κ2) is 3.26. The number of hydrogen-bond donors (Lipinski definition) is 2. The number of fused-ring (bicyclic) bond motifs is 1. The van der Waals surface area contributed by atoms with Crippen LogP contribution in [0.1, 0.15) is 5.76 Å². The van der Waals surface area contributed by atoms with Crippen LogP contribution < -0.4 is 11.5 Å². The largest absolute Gasteiger partial charge is 0.455 e. The summed E-state index contributed by atoms with van der Waals surface area (Å²) in [6, 6.07) is 1.15. The molecule has 0 bridgehead atoms. The molecule has 0 unspecified atom stereocenters. The summed E-state index contributed by atoms with van der Waals surface area (Å²) in [4.78, 5) is 7.29. The lowest BCUT2D eigenvalue weighted by atomic mass is 10.3. The first-order valence-electron chi connectivity index (χ1n) is 4.23. The first-order chi connectivity index (χ1) is 7.35. The number of nitrogens with zero attached hydrogens (tertiary/aromatic N) is 2. The van der Waals surface area contributed by atoms with Gasteiger partial charge >= 0.3 is 6.18 Å². The molecule has 4 N–H and O–H groups in total. The van der Waals surface area contributed by atoms with Gasteiger partial charge in [0.25, 0.3) is 0 Å². The zero-order valence-corrected chi connectivity index (χ0v) is 7.88. The summed E-state index contributed by atoms with van der Waals surface area (Å²) in [5.74, 6) is -0.450. The minimum atomic E-state index is -4.35. The molecule has 2 aromatic heterocycles. The van der Waals surface area contributed by atoms with Crippen molar-refractivity contribution >= 4 is 22.9 Å². The second-order valence-electron chi connectivity index (χ2n) is 3.19. The van der Waals surface area contributed by atoms with Gasteiger partial charge in [-0.2, -0.15) is 18.2 Å². The third-order valence-electron chi connectivity index (χ3n) is 1.84. The lowest BCUT2D eigenvalue weighted by Gasteiger charge is -2.01. The van der Waals surface area contributed by atoms with Crippen molar-refractivity contribution in [2.45, 2.75) is 12.6 Å². The zero-order chi connectivity index (χ0) is 11.9. The van der Waals surface area contributed by atoms with Crippen LogP contribution in [-0.4, -0.2) is 16.1 Å². The van der Waals surface area contributed by atoms with Crippen LogP contribution in [0.2, 0.25) is 0 Å². The first-order valence-corrected chi connectivity index (χ1v) is 4.23. The highest BCUT2D eigenvalue weighted by Gasteiger charge is 2.30. The van der Waals surface area contributed by atoms with Crippen LogP contribution in [0.15, 0.2) is 10.5 Å². The summed E-state index contributed by atoms with van der Waals surface area (Å²) in [6.45, 7) is 0. The number of furan rings is 1. The Hall–Kier alpha value is -1.99. The molecule has 2 aromatic rings. The molecule has 0 spiro atoms. The molecule has 0 amide bonds. The Morgan fingerprint density at radius 1 is 1.25 bits per heavy atom. The lowest BCUT2D eigenvalue weighted by molar-refractivity contribution is -0.129. The van der Waals surface area contributed by atoms with Crippen LogP contribution in [0, 0.1) is 0 Å². The van der Waals surface area contributed by atoms with E-state index in [-0.39, 0.29) is 28.6 Å². The van der Waals surface area contributed by atoms with Gasteiger partial charge in [0.15, 0.2) is 11.4 Å². The molecular formula is C8H7F3N4O. The predicted molar refractivity (Wildman–Crippen MR) is 50.4 cm³/mol. The maximum atomic E-state index is 12.1. The molecule has 0 aliphatic rings. The highest BCUT2D eigenvalue weighted by atomic mass is 19.4. The van der Waals surface area contributed by atoms with E-state index in [0.717, 1.165) is 6.07 Å². The monoisotopic (exact) mass is 232 g/mol. The fourth-order valence-corrected chi connectivity index (χ4v) is 1.30. The van der Waals surface area contributed by atoms with Crippen LogP contribution in [0.5, 0.6) is 0 Å². The van der Waals surface area contributed by atoms with E-state index in [1.165, 1.54) is 0 Å². The zero-order valence-electron chi connectivity index (χ0n) is 7.88. The highest BCUT2D eigenvalue weighted by molar-refractivity contribution is 5.83. The molecule has 0 aliphatic carbocycles. The average molecular weight is 232 g/mol. The Kier molecular flexibility index (Phi) is 2.14. The summed E-state index contributed by atoms with van der Waals surface area (Å²) < 4.78 is 41.2. The second-order valence-corrected chi connectivity index (χ2v) is 3.19. The van der Waals surface area contributed by atoms with Crippen molar-refractivity contribution in [1.29, 1.82) is 0 Å². The molecule has 0 aromatic carbocycles. The van der Waals surface area contributed by atoms with Crippen molar-refractivity contribution < 1.29 is 17.6 Å². The van der Waals surface area contributed by atoms with Gasteiger partial charge < -0.3 is 15.9 Å². The molecule has 2 heterocycles. The van der Waals surface area contributed by atoms with Crippen LogP contribution in [0.3, 0.4) is 0 Å².